The molecule has 0 unspecified atom stereocenters. The third kappa shape index (κ3) is 6.97. The maximum atomic E-state index is 13.1. The summed E-state index contributed by atoms with van der Waals surface area (Å²) in [6.07, 6.45) is 0. The highest BCUT2D eigenvalue weighted by molar-refractivity contribution is 7.10. The van der Waals surface area contributed by atoms with Crippen LogP contribution in [0.2, 0.25) is 0 Å². The molecule has 2 aromatic carbocycles. The Kier molecular flexibility index (Phi) is 8.63. The van der Waals surface area contributed by atoms with Crippen molar-refractivity contribution in [2.45, 2.75) is 32.1 Å². The van der Waals surface area contributed by atoms with Gasteiger partial charge in [-0.2, -0.15) is 0 Å². The molecule has 184 valence electrons. The summed E-state index contributed by atoms with van der Waals surface area (Å²) < 4.78 is 13.1. The van der Waals surface area contributed by atoms with Crippen LogP contribution in [0.1, 0.15) is 29.0 Å². The SMILES string of the molecule is C[C@H](NC(=O)C(=O)NCc1ccc(F)cc1)[C@H](c1cccs1)N1CCN(Cc2ccccc2)CC1. The number of hydrogen-bond acceptors (Lipinski definition) is 5. The molecule has 2 heterocycles. The molecule has 0 saturated carbocycles. The Morgan fingerprint density at radius 1 is 0.914 bits per heavy atom. The van der Waals surface area contributed by atoms with Crippen molar-refractivity contribution >= 4 is 23.2 Å². The van der Waals surface area contributed by atoms with Crippen molar-refractivity contribution in [2.24, 2.45) is 0 Å². The van der Waals surface area contributed by atoms with Crippen LogP contribution in [0.4, 0.5) is 4.39 Å². The lowest BCUT2D eigenvalue weighted by atomic mass is 10.0. The van der Waals surface area contributed by atoms with Gasteiger partial charge in [-0.25, -0.2) is 4.39 Å². The second-order valence-electron chi connectivity index (χ2n) is 8.83. The summed E-state index contributed by atoms with van der Waals surface area (Å²) in [6.45, 7) is 6.69. The van der Waals surface area contributed by atoms with E-state index in [-0.39, 0.29) is 24.4 Å². The van der Waals surface area contributed by atoms with E-state index < -0.39 is 11.8 Å². The van der Waals surface area contributed by atoms with Crippen LogP contribution in [0.25, 0.3) is 0 Å². The summed E-state index contributed by atoms with van der Waals surface area (Å²) in [6, 6.07) is 20.1. The van der Waals surface area contributed by atoms with Crippen LogP contribution < -0.4 is 10.6 Å². The number of carbonyl (C=O) groups excluding carboxylic acids is 2. The molecule has 3 aromatic rings. The van der Waals surface area contributed by atoms with E-state index >= 15 is 0 Å². The Labute approximate surface area is 209 Å². The fourth-order valence-electron chi connectivity index (χ4n) is 4.46. The van der Waals surface area contributed by atoms with Crippen LogP contribution in [-0.4, -0.2) is 53.8 Å². The number of nitrogens with zero attached hydrogens (tertiary/aromatic N) is 2. The molecule has 8 heteroatoms. The van der Waals surface area contributed by atoms with Crippen LogP contribution >= 0.6 is 11.3 Å². The van der Waals surface area contributed by atoms with E-state index in [2.05, 4.69) is 50.8 Å². The standard InChI is InChI=1S/C27H31FN4O2S/c1-20(30-27(34)26(33)29-18-21-9-11-23(28)12-10-21)25(24-8-5-17-35-24)32-15-13-31(14-16-32)19-22-6-3-2-4-7-22/h2-12,17,20,25H,13-16,18-19H2,1H3,(H,29,33)(H,30,34)/t20-,25+/m0/s1. The number of rotatable bonds is 8. The van der Waals surface area contributed by atoms with E-state index in [4.69, 9.17) is 0 Å². The molecular weight excluding hydrogens is 463 g/mol. The average molecular weight is 495 g/mol. The number of benzene rings is 2. The quantitative estimate of drug-likeness (QED) is 0.470. The molecule has 0 aliphatic carbocycles. The summed E-state index contributed by atoms with van der Waals surface area (Å²) in [4.78, 5) is 31.1. The van der Waals surface area contributed by atoms with Crippen LogP contribution in [0, 0.1) is 5.82 Å². The van der Waals surface area contributed by atoms with Crippen LogP contribution in [0.5, 0.6) is 0 Å². The zero-order valence-corrected chi connectivity index (χ0v) is 20.6. The zero-order valence-electron chi connectivity index (χ0n) is 19.8. The number of nitrogens with one attached hydrogen (secondary N) is 2. The second kappa shape index (κ2) is 12.1. The highest BCUT2D eigenvalue weighted by Gasteiger charge is 2.31. The molecule has 6 nitrogen and oxygen atoms in total. The van der Waals surface area contributed by atoms with Gasteiger partial charge in [-0.15, -0.1) is 11.3 Å². The van der Waals surface area contributed by atoms with Gasteiger partial charge in [0.05, 0.1) is 6.04 Å². The molecular formula is C27H31FN4O2S. The summed E-state index contributed by atoms with van der Waals surface area (Å²) in [5, 5.41) is 7.56. The molecule has 0 spiro atoms. The first-order valence-corrected chi connectivity index (χ1v) is 12.7. The highest BCUT2D eigenvalue weighted by Crippen LogP contribution is 2.29. The first kappa shape index (κ1) is 25.0. The van der Waals surface area contributed by atoms with Gasteiger partial charge in [0.2, 0.25) is 0 Å². The monoisotopic (exact) mass is 494 g/mol. The fourth-order valence-corrected chi connectivity index (χ4v) is 5.42. The molecule has 1 aromatic heterocycles. The summed E-state index contributed by atoms with van der Waals surface area (Å²) in [7, 11) is 0. The fraction of sp³-hybridized carbons (Fsp3) is 0.333. The van der Waals surface area contributed by atoms with Crippen molar-refractivity contribution in [2.75, 3.05) is 26.2 Å². The van der Waals surface area contributed by atoms with E-state index in [1.807, 2.05) is 24.4 Å². The third-order valence-corrected chi connectivity index (χ3v) is 7.23. The molecule has 35 heavy (non-hydrogen) atoms. The van der Waals surface area contributed by atoms with Crippen molar-refractivity contribution in [1.82, 2.24) is 20.4 Å². The number of thiophene rings is 1. The minimum atomic E-state index is -0.696. The van der Waals surface area contributed by atoms with Gasteiger partial charge in [0.15, 0.2) is 0 Å². The number of hydrogen-bond donors (Lipinski definition) is 2. The normalized spacial score (nSPS) is 16.4. The lowest BCUT2D eigenvalue weighted by Crippen LogP contribution is -2.53. The molecule has 2 amide bonds. The van der Waals surface area contributed by atoms with Crippen molar-refractivity contribution in [1.29, 1.82) is 0 Å². The minimum absolute atomic E-state index is 0.0114. The van der Waals surface area contributed by atoms with E-state index in [0.717, 1.165) is 38.3 Å². The zero-order chi connectivity index (χ0) is 24.6. The number of piperazine rings is 1. The second-order valence-corrected chi connectivity index (χ2v) is 9.81. The first-order chi connectivity index (χ1) is 17.0. The minimum Gasteiger partial charge on any atom is -0.344 e. The molecule has 1 aliphatic rings. The van der Waals surface area contributed by atoms with Gasteiger partial charge in [0, 0.05) is 50.2 Å². The predicted molar refractivity (Wildman–Crippen MR) is 136 cm³/mol. The maximum Gasteiger partial charge on any atom is 0.309 e. The lowest BCUT2D eigenvalue weighted by molar-refractivity contribution is -0.140. The molecule has 2 atom stereocenters. The Morgan fingerprint density at radius 3 is 2.29 bits per heavy atom. The van der Waals surface area contributed by atoms with E-state index in [9.17, 15) is 14.0 Å². The van der Waals surface area contributed by atoms with Gasteiger partial charge in [-0.3, -0.25) is 19.4 Å². The smallest absolute Gasteiger partial charge is 0.309 e. The van der Waals surface area contributed by atoms with Crippen molar-refractivity contribution in [3.8, 4) is 0 Å². The number of amides is 2. The molecule has 1 saturated heterocycles. The van der Waals surface area contributed by atoms with Gasteiger partial charge >= 0.3 is 11.8 Å². The molecule has 2 N–H and O–H groups in total. The van der Waals surface area contributed by atoms with Gasteiger partial charge in [0.25, 0.3) is 0 Å². The summed E-state index contributed by atoms with van der Waals surface area (Å²) >= 11 is 1.66. The summed E-state index contributed by atoms with van der Waals surface area (Å²) in [5.41, 5.74) is 2.04. The van der Waals surface area contributed by atoms with Gasteiger partial charge in [-0.1, -0.05) is 48.5 Å². The van der Waals surface area contributed by atoms with E-state index in [0.29, 0.717) is 0 Å². The van der Waals surface area contributed by atoms with Crippen molar-refractivity contribution in [3.63, 3.8) is 0 Å². The van der Waals surface area contributed by atoms with Gasteiger partial charge < -0.3 is 10.6 Å². The Morgan fingerprint density at radius 2 is 1.63 bits per heavy atom. The van der Waals surface area contributed by atoms with E-state index in [1.54, 1.807) is 23.5 Å². The van der Waals surface area contributed by atoms with Crippen LogP contribution in [0.15, 0.2) is 72.1 Å². The van der Waals surface area contributed by atoms with E-state index in [1.165, 1.54) is 22.6 Å². The molecule has 1 fully saturated rings. The van der Waals surface area contributed by atoms with Crippen molar-refractivity contribution < 1.29 is 14.0 Å². The Bertz CT molecular complexity index is 1080. The Balaban J connectivity index is 1.33. The lowest BCUT2D eigenvalue weighted by Gasteiger charge is -2.41. The first-order valence-electron chi connectivity index (χ1n) is 11.9. The number of carbonyl (C=O) groups is 2. The highest BCUT2D eigenvalue weighted by atomic mass is 32.1. The largest absolute Gasteiger partial charge is 0.344 e. The maximum absolute atomic E-state index is 13.1. The Hall–Kier alpha value is -3.07. The van der Waals surface area contributed by atoms with Crippen molar-refractivity contribution in [3.05, 3.63) is 93.9 Å². The molecule has 0 radical (unpaired) electrons. The molecule has 0 bridgehead atoms. The van der Waals surface area contributed by atoms with Crippen LogP contribution in [-0.2, 0) is 22.7 Å². The molecule has 1 aliphatic heterocycles. The van der Waals surface area contributed by atoms with Crippen LogP contribution in [0.3, 0.4) is 0 Å². The third-order valence-electron chi connectivity index (χ3n) is 6.29. The molecule has 4 rings (SSSR count). The average Bonchev–Trinajstić information content (AvgIpc) is 3.39. The predicted octanol–water partition coefficient (Wildman–Crippen LogP) is 3.57. The topological polar surface area (TPSA) is 64.7 Å². The summed E-state index contributed by atoms with van der Waals surface area (Å²) in [5.74, 6) is -1.70. The number of halogens is 1. The van der Waals surface area contributed by atoms with Gasteiger partial charge in [0.1, 0.15) is 5.82 Å². The van der Waals surface area contributed by atoms with Gasteiger partial charge in [-0.05, 0) is 41.6 Å².